The maximum absolute atomic E-state index is 12.8. The van der Waals surface area contributed by atoms with Crippen LogP contribution in [0, 0.1) is 5.82 Å². The lowest BCUT2D eigenvalue weighted by Gasteiger charge is -2.11. The van der Waals surface area contributed by atoms with Crippen LogP contribution < -0.4 is 10.6 Å². The summed E-state index contributed by atoms with van der Waals surface area (Å²) in [5.74, 6) is -0.660. The third kappa shape index (κ3) is 4.54. The summed E-state index contributed by atoms with van der Waals surface area (Å²) in [6.07, 6.45) is -0.832. The van der Waals surface area contributed by atoms with Crippen LogP contribution in [0.15, 0.2) is 48.5 Å². The van der Waals surface area contributed by atoms with Crippen molar-refractivity contribution in [2.24, 2.45) is 0 Å². The van der Waals surface area contributed by atoms with Gasteiger partial charge in [-0.05, 0) is 48.5 Å². The van der Waals surface area contributed by atoms with Gasteiger partial charge in [-0.25, -0.2) is 4.39 Å². The summed E-state index contributed by atoms with van der Waals surface area (Å²) in [7, 11) is 0. The second-order valence-electron chi connectivity index (χ2n) is 4.76. The van der Waals surface area contributed by atoms with Gasteiger partial charge in [0.2, 0.25) is 0 Å². The van der Waals surface area contributed by atoms with Crippen molar-refractivity contribution in [2.45, 2.75) is 6.10 Å². The Morgan fingerprint density at radius 1 is 1.05 bits per heavy atom. The first-order valence-corrected chi connectivity index (χ1v) is 6.78. The lowest BCUT2D eigenvalue weighted by atomic mass is 10.2. The van der Waals surface area contributed by atoms with Gasteiger partial charge in [0.05, 0.1) is 12.7 Å². The first-order chi connectivity index (χ1) is 10.6. The number of carbonyl (C=O) groups is 1. The third-order valence-corrected chi connectivity index (χ3v) is 3.00. The predicted molar refractivity (Wildman–Crippen MR) is 82.4 cm³/mol. The maximum atomic E-state index is 12.8. The minimum Gasteiger partial charge on any atom is -0.394 e. The SMILES string of the molecule is O=C(Nc1ccc(F)cc1)c1ccc(NCC(O)CO)cc1. The highest BCUT2D eigenvalue weighted by Crippen LogP contribution is 2.13. The lowest BCUT2D eigenvalue weighted by molar-refractivity contribution is 0.102. The summed E-state index contributed by atoms with van der Waals surface area (Å²) in [6, 6.07) is 12.2. The van der Waals surface area contributed by atoms with Crippen LogP contribution in [0.2, 0.25) is 0 Å². The van der Waals surface area contributed by atoms with Gasteiger partial charge in [-0.1, -0.05) is 0 Å². The molecule has 0 aliphatic carbocycles. The number of hydrogen-bond acceptors (Lipinski definition) is 4. The highest BCUT2D eigenvalue weighted by molar-refractivity contribution is 6.04. The van der Waals surface area contributed by atoms with Gasteiger partial charge in [0, 0.05) is 23.5 Å². The standard InChI is InChI=1S/C16H17FN2O3/c17-12-3-7-14(8-4-12)19-16(22)11-1-5-13(6-2-11)18-9-15(21)10-20/h1-8,15,18,20-21H,9-10H2,(H,19,22). The number of aliphatic hydroxyl groups excluding tert-OH is 2. The van der Waals surface area contributed by atoms with E-state index in [2.05, 4.69) is 10.6 Å². The molecule has 0 bridgehead atoms. The van der Waals surface area contributed by atoms with E-state index in [1.54, 1.807) is 24.3 Å². The van der Waals surface area contributed by atoms with Crippen molar-refractivity contribution >= 4 is 17.3 Å². The van der Waals surface area contributed by atoms with Crippen molar-refractivity contribution in [3.8, 4) is 0 Å². The number of hydrogen-bond donors (Lipinski definition) is 4. The summed E-state index contributed by atoms with van der Waals surface area (Å²) in [4.78, 5) is 12.0. The van der Waals surface area contributed by atoms with E-state index in [0.29, 0.717) is 11.3 Å². The number of amides is 1. The molecule has 22 heavy (non-hydrogen) atoms. The van der Waals surface area contributed by atoms with Crippen LogP contribution in [-0.2, 0) is 0 Å². The van der Waals surface area contributed by atoms with Gasteiger partial charge in [0.25, 0.3) is 5.91 Å². The lowest BCUT2D eigenvalue weighted by Crippen LogP contribution is -2.22. The van der Waals surface area contributed by atoms with E-state index < -0.39 is 6.10 Å². The van der Waals surface area contributed by atoms with E-state index in [1.807, 2.05) is 0 Å². The van der Waals surface area contributed by atoms with Crippen LogP contribution in [0.5, 0.6) is 0 Å². The molecule has 0 aromatic heterocycles. The largest absolute Gasteiger partial charge is 0.394 e. The normalized spacial score (nSPS) is 11.8. The number of rotatable bonds is 6. The molecule has 0 saturated heterocycles. The van der Waals surface area contributed by atoms with Crippen LogP contribution in [0.1, 0.15) is 10.4 Å². The molecule has 4 N–H and O–H groups in total. The van der Waals surface area contributed by atoms with Crippen molar-refractivity contribution in [1.82, 2.24) is 0 Å². The van der Waals surface area contributed by atoms with Crippen LogP contribution >= 0.6 is 0 Å². The maximum Gasteiger partial charge on any atom is 0.255 e. The molecule has 0 spiro atoms. The molecule has 5 nitrogen and oxygen atoms in total. The number of halogens is 1. The fourth-order valence-electron chi connectivity index (χ4n) is 1.78. The second-order valence-corrected chi connectivity index (χ2v) is 4.76. The number of benzene rings is 2. The number of carbonyl (C=O) groups excluding carboxylic acids is 1. The van der Waals surface area contributed by atoms with Gasteiger partial charge in [-0.2, -0.15) is 0 Å². The molecule has 0 aliphatic heterocycles. The Balaban J connectivity index is 1.94. The molecule has 1 atom stereocenters. The molecule has 0 fully saturated rings. The van der Waals surface area contributed by atoms with Crippen molar-refractivity contribution in [3.05, 3.63) is 59.9 Å². The fourth-order valence-corrected chi connectivity index (χ4v) is 1.78. The summed E-state index contributed by atoms with van der Waals surface area (Å²) in [5.41, 5.74) is 1.70. The van der Waals surface area contributed by atoms with Crippen molar-refractivity contribution < 1.29 is 19.4 Å². The van der Waals surface area contributed by atoms with E-state index in [9.17, 15) is 14.3 Å². The average molecular weight is 304 g/mol. The molecule has 0 radical (unpaired) electrons. The first-order valence-electron chi connectivity index (χ1n) is 6.78. The molecule has 1 unspecified atom stereocenters. The van der Waals surface area contributed by atoms with Crippen LogP contribution in [0.4, 0.5) is 15.8 Å². The van der Waals surface area contributed by atoms with E-state index in [-0.39, 0.29) is 24.9 Å². The first kappa shape index (κ1) is 15.9. The Kier molecular flexibility index (Phi) is 5.46. The van der Waals surface area contributed by atoms with Gasteiger partial charge < -0.3 is 20.8 Å². The van der Waals surface area contributed by atoms with Crippen molar-refractivity contribution in [3.63, 3.8) is 0 Å². The monoisotopic (exact) mass is 304 g/mol. The summed E-state index contributed by atoms with van der Waals surface area (Å²) in [5, 5.41) is 23.6. The Labute approximate surface area is 127 Å². The zero-order valence-electron chi connectivity index (χ0n) is 11.8. The van der Waals surface area contributed by atoms with E-state index in [4.69, 9.17) is 5.11 Å². The number of aliphatic hydroxyl groups is 2. The van der Waals surface area contributed by atoms with Gasteiger partial charge in [-0.15, -0.1) is 0 Å². The van der Waals surface area contributed by atoms with Crippen LogP contribution in [0.25, 0.3) is 0 Å². The summed E-state index contributed by atoms with van der Waals surface area (Å²) < 4.78 is 12.8. The zero-order valence-corrected chi connectivity index (χ0v) is 11.8. The van der Waals surface area contributed by atoms with Crippen LogP contribution in [-0.4, -0.2) is 35.4 Å². The predicted octanol–water partition coefficient (Wildman–Crippen LogP) is 1.84. The quantitative estimate of drug-likeness (QED) is 0.656. The molecular weight excluding hydrogens is 287 g/mol. The molecule has 1 amide bonds. The molecule has 2 aromatic rings. The molecule has 116 valence electrons. The highest BCUT2D eigenvalue weighted by Gasteiger charge is 2.07. The van der Waals surface area contributed by atoms with E-state index in [1.165, 1.54) is 24.3 Å². The van der Waals surface area contributed by atoms with Gasteiger partial charge in [0.15, 0.2) is 0 Å². The van der Waals surface area contributed by atoms with Crippen molar-refractivity contribution in [2.75, 3.05) is 23.8 Å². The smallest absolute Gasteiger partial charge is 0.255 e. The Hall–Kier alpha value is -2.44. The summed E-state index contributed by atoms with van der Waals surface area (Å²) >= 11 is 0. The average Bonchev–Trinajstić information content (AvgIpc) is 2.55. The fraction of sp³-hybridized carbons (Fsp3) is 0.188. The number of anilines is 2. The third-order valence-electron chi connectivity index (χ3n) is 3.00. The van der Waals surface area contributed by atoms with Gasteiger partial charge in [0.1, 0.15) is 5.82 Å². The zero-order chi connectivity index (χ0) is 15.9. The Morgan fingerprint density at radius 3 is 2.23 bits per heavy atom. The minimum atomic E-state index is -0.832. The molecule has 0 aliphatic rings. The minimum absolute atomic E-state index is 0.220. The number of nitrogens with one attached hydrogen (secondary N) is 2. The Morgan fingerprint density at radius 2 is 1.64 bits per heavy atom. The summed E-state index contributed by atoms with van der Waals surface area (Å²) in [6.45, 7) is -0.0945. The highest BCUT2D eigenvalue weighted by atomic mass is 19.1. The van der Waals surface area contributed by atoms with Gasteiger partial charge >= 0.3 is 0 Å². The Bertz CT molecular complexity index is 614. The molecule has 2 rings (SSSR count). The molecular formula is C16H17FN2O3. The van der Waals surface area contributed by atoms with E-state index in [0.717, 1.165) is 5.69 Å². The molecule has 2 aromatic carbocycles. The van der Waals surface area contributed by atoms with Crippen molar-refractivity contribution in [1.29, 1.82) is 0 Å². The molecule has 6 heteroatoms. The van der Waals surface area contributed by atoms with E-state index >= 15 is 0 Å². The van der Waals surface area contributed by atoms with Gasteiger partial charge in [-0.3, -0.25) is 4.79 Å². The topological polar surface area (TPSA) is 81.6 Å². The molecule has 0 saturated carbocycles. The van der Waals surface area contributed by atoms with Crippen LogP contribution in [0.3, 0.4) is 0 Å². The molecule has 0 heterocycles. The second kappa shape index (κ2) is 7.53.